The molecule has 10 heavy (non-hydrogen) atoms. The minimum Gasteiger partial charge on any atom is -0.378 e. The molecule has 0 saturated heterocycles. The van der Waals surface area contributed by atoms with Crippen molar-refractivity contribution in [2.24, 2.45) is 0 Å². The third-order valence-corrected chi connectivity index (χ3v) is 2.09. The molecule has 62 valence electrons. The molecular weight excluding hydrogens is 128 g/mol. The molecule has 1 N–H and O–H groups in total. The number of hydrogen-bond donors (Lipinski definition) is 1. The third-order valence-electron chi connectivity index (χ3n) is 2.09. The third kappa shape index (κ3) is 2.64. The fraction of sp³-hybridized carbons (Fsp3) is 1.00. The van der Waals surface area contributed by atoms with E-state index in [9.17, 15) is 0 Å². The summed E-state index contributed by atoms with van der Waals surface area (Å²) in [5.74, 6) is 0. The van der Waals surface area contributed by atoms with Gasteiger partial charge in [0, 0.05) is 14.2 Å². The Bertz CT molecular complexity index is 93.6. The maximum atomic E-state index is 5.04. The van der Waals surface area contributed by atoms with Crippen LogP contribution >= 0.6 is 0 Å². The zero-order valence-electron chi connectivity index (χ0n) is 7.64. The van der Waals surface area contributed by atoms with Crippen LogP contribution in [0.1, 0.15) is 6.92 Å². The lowest BCUT2D eigenvalue weighted by atomic mass is 10.3. The Kier molecular flexibility index (Phi) is 3.86. The zero-order chi connectivity index (χ0) is 8.20. The fourth-order valence-electron chi connectivity index (χ4n) is 0.648. The summed E-state index contributed by atoms with van der Waals surface area (Å²) >= 11 is 0. The summed E-state index contributed by atoms with van der Waals surface area (Å²) in [5, 5.41) is 0. The van der Waals surface area contributed by atoms with Gasteiger partial charge in [0.05, 0.1) is 20.7 Å². The van der Waals surface area contributed by atoms with Crippen LogP contribution < -0.4 is 5.43 Å². The van der Waals surface area contributed by atoms with Crippen LogP contribution in [0.15, 0.2) is 0 Å². The molecule has 0 aliphatic carbocycles. The molecule has 0 bridgehead atoms. The van der Waals surface area contributed by atoms with Crippen LogP contribution in [0.2, 0.25) is 0 Å². The van der Waals surface area contributed by atoms with Gasteiger partial charge in [0.25, 0.3) is 0 Å². The largest absolute Gasteiger partial charge is 0.378 e. The monoisotopic (exact) mass is 147 g/mol. The van der Waals surface area contributed by atoms with Gasteiger partial charge in [-0.3, -0.25) is 0 Å². The lowest BCUT2D eigenvalue weighted by Gasteiger charge is -2.33. The van der Waals surface area contributed by atoms with Gasteiger partial charge in [-0.15, -0.1) is 0 Å². The average Bonchev–Trinajstić information content (AvgIpc) is 1.89. The minimum absolute atomic E-state index is 0.481. The predicted octanol–water partition coefficient (Wildman–Crippen LogP) is 0.232. The Morgan fingerprint density at radius 3 is 2.30 bits per heavy atom. The smallest absolute Gasteiger partial charge is 0.127 e. The summed E-state index contributed by atoms with van der Waals surface area (Å²) in [6, 6.07) is 0.481. The summed E-state index contributed by atoms with van der Waals surface area (Å²) in [7, 11) is 7.91. The van der Waals surface area contributed by atoms with E-state index >= 15 is 0 Å². The number of nitrogens with one attached hydrogen (secondary N) is 1. The van der Waals surface area contributed by atoms with Crippen molar-refractivity contribution in [2.45, 2.75) is 13.0 Å². The molecule has 0 saturated carbocycles. The number of ether oxygens (including phenoxy) is 1. The van der Waals surface area contributed by atoms with Crippen LogP contribution in [0.25, 0.3) is 0 Å². The first kappa shape index (κ1) is 9.88. The first-order valence-electron chi connectivity index (χ1n) is 3.56. The van der Waals surface area contributed by atoms with Crippen molar-refractivity contribution in [1.82, 2.24) is 5.43 Å². The van der Waals surface area contributed by atoms with Crippen LogP contribution in [0, 0.1) is 0 Å². The maximum Gasteiger partial charge on any atom is 0.127 e. The van der Waals surface area contributed by atoms with Crippen LogP contribution in [-0.4, -0.2) is 45.5 Å². The average molecular weight is 147 g/mol. The van der Waals surface area contributed by atoms with Gasteiger partial charge < -0.3 is 4.74 Å². The van der Waals surface area contributed by atoms with E-state index in [-0.39, 0.29) is 0 Å². The molecule has 0 amide bonds. The summed E-state index contributed by atoms with van der Waals surface area (Å²) in [6.07, 6.45) is 0. The van der Waals surface area contributed by atoms with Gasteiger partial charge in [0.1, 0.15) is 6.04 Å². The molecule has 0 rings (SSSR count). The SMILES string of the molecule is CN[N+](C)(C)C(C)COC. The molecule has 1 unspecified atom stereocenters. The molecule has 0 fully saturated rings. The Morgan fingerprint density at radius 2 is 2.00 bits per heavy atom. The second-order valence-corrected chi connectivity index (χ2v) is 3.07. The number of quaternary nitrogens is 1. The normalized spacial score (nSPS) is 15.3. The summed E-state index contributed by atoms with van der Waals surface area (Å²) < 4.78 is 5.82. The highest BCUT2D eigenvalue weighted by molar-refractivity contribution is 4.44. The standard InChI is InChI=1S/C7H19N2O/c1-7(6-10-5)9(3,4)8-2/h7-8H,6H2,1-5H3/q+1. The lowest BCUT2D eigenvalue weighted by molar-refractivity contribution is -0.953. The molecule has 0 aromatic carbocycles. The van der Waals surface area contributed by atoms with Crippen molar-refractivity contribution in [2.75, 3.05) is 34.9 Å². The van der Waals surface area contributed by atoms with E-state index in [0.29, 0.717) is 6.04 Å². The van der Waals surface area contributed by atoms with Gasteiger partial charge in [-0.05, 0) is 6.92 Å². The van der Waals surface area contributed by atoms with Crippen molar-refractivity contribution >= 4 is 0 Å². The highest BCUT2D eigenvalue weighted by Gasteiger charge is 2.21. The lowest BCUT2D eigenvalue weighted by Crippen LogP contribution is -2.57. The fourth-order valence-corrected chi connectivity index (χ4v) is 0.648. The molecule has 3 nitrogen and oxygen atoms in total. The molecule has 0 radical (unpaired) electrons. The van der Waals surface area contributed by atoms with Crippen molar-refractivity contribution in [1.29, 1.82) is 0 Å². The van der Waals surface area contributed by atoms with Crippen molar-refractivity contribution in [3.05, 3.63) is 0 Å². The second-order valence-electron chi connectivity index (χ2n) is 3.07. The topological polar surface area (TPSA) is 21.3 Å². The second kappa shape index (κ2) is 3.91. The highest BCUT2D eigenvalue weighted by atomic mass is 16.5. The van der Waals surface area contributed by atoms with E-state index in [1.54, 1.807) is 7.11 Å². The number of rotatable bonds is 4. The van der Waals surface area contributed by atoms with E-state index in [4.69, 9.17) is 4.74 Å². The predicted molar refractivity (Wildman–Crippen MR) is 42.5 cm³/mol. The quantitative estimate of drug-likeness (QED) is 0.454. The van der Waals surface area contributed by atoms with Crippen molar-refractivity contribution in [3.63, 3.8) is 0 Å². The van der Waals surface area contributed by atoms with Gasteiger partial charge in [-0.1, -0.05) is 0 Å². The van der Waals surface area contributed by atoms with Crippen molar-refractivity contribution < 1.29 is 9.33 Å². The molecule has 0 aromatic rings. The summed E-state index contributed by atoms with van der Waals surface area (Å²) in [6.45, 7) is 2.94. The Balaban J connectivity index is 3.78. The first-order chi connectivity index (χ1) is 4.54. The van der Waals surface area contributed by atoms with E-state index in [1.807, 2.05) is 7.05 Å². The number of nitrogens with zero attached hydrogens (tertiary/aromatic N) is 1. The highest BCUT2D eigenvalue weighted by Crippen LogP contribution is 2.00. The Labute approximate surface area is 63.5 Å². The molecular formula is C7H19N2O+. The molecule has 0 aliphatic rings. The molecule has 0 aliphatic heterocycles. The van der Waals surface area contributed by atoms with Gasteiger partial charge in [0.15, 0.2) is 0 Å². The van der Waals surface area contributed by atoms with E-state index in [2.05, 4.69) is 26.4 Å². The molecule has 1 atom stereocenters. The van der Waals surface area contributed by atoms with Gasteiger partial charge in [-0.25, -0.2) is 4.59 Å². The summed E-state index contributed by atoms with van der Waals surface area (Å²) in [4.78, 5) is 0. The van der Waals surface area contributed by atoms with Crippen molar-refractivity contribution in [3.8, 4) is 0 Å². The number of hydrogen-bond acceptors (Lipinski definition) is 2. The van der Waals surface area contributed by atoms with E-state index in [0.717, 1.165) is 11.2 Å². The van der Waals surface area contributed by atoms with Crippen LogP contribution in [0.4, 0.5) is 0 Å². The van der Waals surface area contributed by atoms with E-state index < -0.39 is 0 Å². The zero-order valence-corrected chi connectivity index (χ0v) is 7.64. The molecule has 3 heteroatoms. The number of methoxy groups -OCH3 is 1. The van der Waals surface area contributed by atoms with Crippen LogP contribution in [-0.2, 0) is 4.74 Å². The molecule has 0 aromatic heterocycles. The van der Waals surface area contributed by atoms with Gasteiger partial charge >= 0.3 is 0 Å². The Morgan fingerprint density at radius 1 is 1.50 bits per heavy atom. The Hall–Kier alpha value is -0.120. The maximum absolute atomic E-state index is 5.04. The minimum atomic E-state index is 0.481. The molecule has 0 spiro atoms. The van der Waals surface area contributed by atoms with Crippen LogP contribution in [0.5, 0.6) is 0 Å². The van der Waals surface area contributed by atoms with Gasteiger partial charge in [-0.2, -0.15) is 5.43 Å². The molecule has 0 heterocycles. The van der Waals surface area contributed by atoms with E-state index in [1.165, 1.54) is 0 Å². The first-order valence-corrected chi connectivity index (χ1v) is 3.56. The number of likely N-dealkylation sites (N-methyl/N-ethyl adjacent to an activating group) is 1. The van der Waals surface area contributed by atoms with Gasteiger partial charge in [0.2, 0.25) is 0 Å². The van der Waals surface area contributed by atoms with Crippen LogP contribution in [0.3, 0.4) is 0 Å². The summed E-state index contributed by atoms with van der Waals surface area (Å²) in [5.41, 5.74) is 3.18.